The van der Waals surface area contributed by atoms with Crippen LogP contribution in [-0.2, 0) is 4.79 Å². The van der Waals surface area contributed by atoms with Crippen LogP contribution in [0.1, 0.15) is 5.56 Å². The molecule has 0 saturated carbocycles. The molecule has 0 unspecified atom stereocenters. The van der Waals surface area contributed by atoms with E-state index in [1.807, 2.05) is 6.07 Å². The van der Waals surface area contributed by atoms with E-state index in [0.717, 1.165) is 0 Å². The van der Waals surface area contributed by atoms with Gasteiger partial charge in [0.1, 0.15) is 6.07 Å². The maximum absolute atomic E-state index is 11.5. The van der Waals surface area contributed by atoms with Gasteiger partial charge in [-0.15, -0.1) is 0 Å². The summed E-state index contributed by atoms with van der Waals surface area (Å²) in [6.07, 6.45) is 0. The lowest BCUT2D eigenvalue weighted by atomic mass is 10.1. The molecule has 0 aromatic heterocycles. The number of halogens is 1. The summed E-state index contributed by atoms with van der Waals surface area (Å²) in [6, 6.07) is 8.50. The molecule has 0 saturated heterocycles. The number of hydrogen-bond donors (Lipinski definition) is 2. The summed E-state index contributed by atoms with van der Waals surface area (Å²) >= 11 is 5.75. The van der Waals surface area contributed by atoms with Gasteiger partial charge in [0.15, 0.2) is 5.70 Å². The van der Waals surface area contributed by atoms with Crippen molar-refractivity contribution in [1.29, 1.82) is 5.26 Å². The van der Waals surface area contributed by atoms with Gasteiger partial charge in [-0.25, -0.2) is 4.99 Å². The van der Waals surface area contributed by atoms with Crippen molar-refractivity contribution >= 4 is 29.0 Å². The molecule has 0 fully saturated rings. The number of aliphatic imine (C=N–C) groups is 1. The van der Waals surface area contributed by atoms with Crippen LogP contribution in [0.2, 0.25) is 5.02 Å². The van der Waals surface area contributed by atoms with Crippen LogP contribution >= 0.6 is 11.6 Å². The first-order valence-electron chi connectivity index (χ1n) is 4.67. The summed E-state index contributed by atoms with van der Waals surface area (Å²) in [4.78, 5) is 15.3. The normalized spacial score (nSPS) is 17.2. The average Bonchev–Trinajstić information content (AvgIpc) is 2.62. The van der Waals surface area contributed by atoms with Gasteiger partial charge in [-0.05, 0) is 17.7 Å². The summed E-state index contributed by atoms with van der Waals surface area (Å²) in [7, 11) is 0. The van der Waals surface area contributed by atoms with E-state index in [0.29, 0.717) is 10.6 Å². The van der Waals surface area contributed by atoms with Gasteiger partial charge >= 0.3 is 0 Å². The predicted octanol–water partition coefficient (Wildman–Crippen LogP) is 1.02. The van der Waals surface area contributed by atoms with E-state index in [1.54, 1.807) is 24.3 Å². The van der Waals surface area contributed by atoms with Crippen molar-refractivity contribution in [3.63, 3.8) is 0 Å². The smallest absolute Gasteiger partial charge is 0.278 e. The summed E-state index contributed by atoms with van der Waals surface area (Å²) in [5.41, 5.74) is 6.12. The summed E-state index contributed by atoms with van der Waals surface area (Å²) in [6.45, 7) is 0. The van der Waals surface area contributed by atoms with E-state index in [-0.39, 0.29) is 17.2 Å². The summed E-state index contributed by atoms with van der Waals surface area (Å²) < 4.78 is 0. The van der Waals surface area contributed by atoms with Crippen molar-refractivity contribution in [1.82, 2.24) is 5.32 Å². The molecule has 1 aliphatic heterocycles. The Morgan fingerprint density at radius 2 is 2.06 bits per heavy atom. The molecule has 1 aromatic carbocycles. The lowest BCUT2D eigenvalue weighted by Crippen LogP contribution is -2.30. The lowest BCUT2D eigenvalue weighted by molar-refractivity contribution is -0.115. The number of carbonyl (C=O) groups is 1. The molecule has 84 valence electrons. The fraction of sp³-hybridized carbons (Fsp3) is 0. The van der Waals surface area contributed by atoms with Crippen LogP contribution in [0.5, 0.6) is 0 Å². The zero-order valence-corrected chi connectivity index (χ0v) is 9.32. The molecule has 6 heteroatoms. The highest BCUT2D eigenvalue weighted by atomic mass is 35.5. The van der Waals surface area contributed by atoms with Crippen LogP contribution < -0.4 is 11.1 Å². The topological polar surface area (TPSA) is 91.3 Å². The number of rotatable bonds is 1. The van der Waals surface area contributed by atoms with Crippen LogP contribution in [-0.4, -0.2) is 11.9 Å². The first kappa shape index (κ1) is 11.2. The van der Waals surface area contributed by atoms with E-state index in [2.05, 4.69) is 10.3 Å². The van der Waals surface area contributed by atoms with E-state index in [1.165, 1.54) is 0 Å². The second-order valence-corrected chi connectivity index (χ2v) is 3.73. The molecule has 17 heavy (non-hydrogen) atoms. The zero-order valence-electron chi connectivity index (χ0n) is 8.57. The van der Waals surface area contributed by atoms with Crippen molar-refractivity contribution in [2.75, 3.05) is 0 Å². The second-order valence-electron chi connectivity index (χ2n) is 3.29. The van der Waals surface area contributed by atoms with Gasteiger partial charge in [-0.2, -0.15) is 5.26 Å². The number of allylic oxidation sites excluding steroid dienone is 1. The number of nitrogens with zero attached hydrogens (tertiary/aromatic N) is 2. The third-order valence-corrected chi connectivity index (χ3v) is 2.42. The molecule has 5 nitrogen and oxygen atoms in total. The van der Waals surface area contributed by atoms with Crippen molar-refractivity contribution in [2.24, 2.45) is 10.7 Å². The van der Waals surface area contributed by atoms with E-state index in [4.69, 9.17) is 22.6 Å². The van der Waals surface area contributed by atoms with Crippen LogP contribution in [0.4, 0.5) is 0 Å². The standard InChI is InChI=1S/C11H7ClN4O/c12-7-3-1-6(2-4-7)8(5-13)9-10(17)16-11(14)15-9/h1-4H,(H3,14,15,16,17). The number of benzene rings is 1. The molecule has 1 aliphatic rings. The summed E-state index contributed by atoms with van der Waals surface area (Å²) in [5, 5.41) is 11.9. The molecule has 3 N–H and O–H groups in total. The highest BCUT2D eigenvalue weighted by Gasteiger charge is 2.23. The molecule has 0 spiro atoms. The molecule has 0 aliphatic carbocycles. The Kier molecular flexibility index (Phi) is 2.81. The Morgan fingerprint density at radius 1 is 1.41 bits per heavy atom. The van der Waals surface area contributed by atoms with Crippen molar-refractivity contribution in [3.8, 4) is 6.07 Å². The van der Waals surface area contributed by atoms with Gasteiger partial charge in [0.2, 0.25) is 5.96 Å². The molecule has 0 atom stereocenters. The highest BCUT2D eigenvalue weighted by Crippen LogP contribution is 2.22. The molecular formula is C11H7ClN4O. The fourth-order valence-electron chi connectivity index (χ4n) is 1.41. The third-order valence-electron chi connectivity index (χ3n) is 2.17. The minimum Gasteiger partial charge on any atom is -0.369 e. The Morgan fingerprint density at radius 3 is 2.53 bits per heavy atom. The molecule has 0 bridgehead atoms. The number of carbonyl (C=O) groups excluding carboxylic acids is 1. The highest BCUT2D eigenvalue weighted by molar-refractivity contribution is 6.30. The van der Waals surface area contributed by atoms with Crippen LogP contribution in [0.25, 0.3) is 5.57 Å². The Labute approximate surface area is 102 Å². The van der Waals surface area contributed by atoms with Gasteiger partial charge in [-0.1, -0.05) is 23.7 Å². The number of guanidine groups is 1. The zero-order chi connectivity index (χ0) is 12.4. The molecule has 2 rings (SSSR count). The fourth-order valence-corrected chi connectivity index (χ4v) is 1.54. The minimum atomic E-state index is -0.478. The molecule has 1 amide bonds. The van der Waals surface area contributed by atoms with Gasteiger partial charge in [0.25, 0.3) is 5.91 Å². The van der Waals surface area contributed by atoms with Crippen molar-refractivity contribution in [2.45, 2.75) is 0 Å². The lowest BCUT2D eigenvalue weighted by Gasteiger charge is -2.00. The molecule has 1 heterocycles. The van der Waals surface area contributed by atoms with Gasteiger partial charge in [0.05, 0.1) is 5.57 Å². The molecule has 0 radical (unpaired) electrons. The molecule has 1 aromatic rings. The minimum absolute atomic E-state index is 0.00767. The second kappa shape index (κ2) is 4.28. The summed E-state index contributed by atoms with van der Waals surface area (Å²) in [5.74, 6) is -0.485. The van der Waals surface area contributed by atoms with Gasteiger partial charge in [0, 0.05) is 5.02 Å². The van der Waals surface area contributed by atoms with Crippen molar-refractivity contribution in [3.05, 3.63) is 40.5 Å². The van der Waals surface area contributed by atoms with E-state index >= 15 is 0 Å². The number of hydrogen-bond acceptors (Lipinski definition) is 4. The van der Waals surface area contributed by atoms with Crippen LogP contribution in [0, 0.1) is 11.3 Å². The number of nitriles is 1. The predicted molar refractivity (Wildman–Crippen MR) is 63.8 cm³/mol. The van der Waals surface area contributed by atoms with Crippen LogP contribution in [0.3, 0.4) is 0 Å². The first-order valence-corrected chi connectivity index (χ1v) is 5.05. The largest absolute Gasteiger partial charge is 0.369 e. The van der Waals surface area contributed by atoms with Crippen LogP contribution in [0.15, 0.2) is 35.0 Å². The quantitative estimate of drug-likeness (QED) is 0.572. The Bertz CT molecular complexity index is 580. The monoisotopic (exact) mass is 246 g/mol. The SMILES string of the molecule is N#CC(=C1N=C(N)NC1=O)c1ccc(Cl)cc1. The number of nitrogens with two attached hydrogens (primary N) is 1. The number of amides is 1. The number of nitrogens with one attached hydrogen (secondary N) is 1. The van der Waals surface area contributed by atoms with E-state index < -0.39 is 5.91 Å². The Balaban J connectivity index is 2.55. The van der Waals surface area contributed by atoms with Crippen molar-refractivity contribution < 1.29 is 4.79 Å². The Hall–Kier alpha value is -2.32. The average molecular weight is 247 g/mol. The first-order chi connectivity index (χ1) is 8.11. The maximum Gasteiger partial charge on any atom is 0.278 e. The third kappa shape index (κ3) is 2.12. The molecular weight excluding hydrogens is 240 g/mol. The maximum atomic E-state index is 11.5. The van der Waals surface area contributed by atoms with Gasteiger partial charge < -0.3 is 5.73 Å². The van der Waals surface area contributed by atoms with E-state index in [9.17, 15) is 4.79 Å². The van der Waals surface area contributed by atoms with Gasteiger partial charge in [-0.3, -0.25) is 10.1 Å².